The normalized spacial score (nSPS) is 10.4. The van der Waals surface area contributed by atoms with Crippen molar-refractivity contribution in [3.05, 3.63) is 23.5 Å². The molecule has 1 heterocycles. The summed E-state index contributed by atoms with van der Waals surface area (Å²) in [5.41, 5.74) is 0.461. The van der Waals surface area contributed by atoms with Gasteiger partial charge in [0, 0.05) is 25.4 Å². The van der Waals surface area contributed by atoms with E-state index < -0.39 is 11.9 Å². The number of carbonyl (C=O) groups is 3. The number of nitrogens with zero attached hydrogens (tertiary/aromatic N) is 1. The monoisotopic (exact) mass is 323 g/mol. The van der Waals surface area contributed by atoms with Crippen LogP contribution in [0.25, 0.3) is 0 Å². The van der Waals surface area contributed by atoms with Crippen LogP contribution < -0.4 is 0 Å². The molecule has 0 saturated carbocycles. The van der Waals surface area contributed by atoms with Crippen molar-refractivity contribution < 1.29 is 23.9 Å². The van der Waals surface area contributed by atoms with Crippen molar-refractivity contribution in [2.45, 2.75) is 53.0 Å². The van der Waals surface area contributed by atoms with Crippen LogP contribution in [0.15, 0.2) is 12.4 Å². The van der Waals surface area contributed by atoms with Crippen molar-refractivity contribution >= 4 is 17.7 Å². The summed E-state index contributed by atoms with van der Waals surface area (Å²) >= 11 is 0. The molecule has 0 N–H and O–H groups in total. The molecular weight excluding hydrogens is 298 g/mol. The van der Waals surface area contributed by atoms with E-state index in [0.717, 1.165) is 19.3 Å². The second-order valence-corrected chi connectivity index (χ2v) is 5.28. The fourth-order valence-electron chi connectivity index (χ4n) is 2.23. The lowest BCUT2D eigenvalue weighted by Crippen LogP contribution is -2.11. The first-order valence-corrected chi connectivity index (χ1v) is 8.03. The number of carbonyl (C=O) groups excluding carboxylic acids is 3. The molecule has 0 aromatic carbocycles. The number of esters is 2. The van der Waals surface area contributed by atoms with Crippen LogP contribution in [0.1, 0.15) is 67.2 Å². The van der Waals surface area contributed by atoms with E-state index in [4.69, 9.17) is 9.47 Å². The minimum absolute atomic E-state index is 0.195. The molecule has 0 radical (unpaired) electrons. The minimum Gasteiger partial charge on any atom is -0.462 e. The predicted octanol–water partition coefficient (Wildman–Crippen LogP) is 2.99. The van der Waals surface area contributed by atoms with Gasteiger partial charge in [-0.3, -0.25) is 0 Å². The van der Waals surface area contributed by atoms with Gasteiger partial charge >= 0.3 is 11.9 Å². The first-order valence-electron chi connectivity index (χ1n) is 8.03. The van der Waals surface area contributed by atoms with Gasteiger partial charge in [0.2, 0.25) is 0 Å². The Hall–Kier alpha value is -2.11. The van der Waals surface area contributed by atoms with Crippen LogP contribution in [-0.2, 0) is 20.8 Å². The van der Waals surface area contributed by atoms with Gasteiger partial charge in [-0.15, -0.1) is 0 Å². The van der Waals surface area contributed by atoms with Crippen LogP contribution in [0.4, 0.5) is 0 Å². The van der Waals surface area contributed by atoms with E-state index in [1.54, 1.807) is 37.7 Å². The number of ketones is 1. The average molecular weight is 323 g/mol. The van der Waals surface area contributed by atoms with E-state index in [-0.39, 0.29) is 30.1 Å². The minimum atomic E-state index is -0.522. The Morgan fingerprint density at radius 1 is 0.913 bits per heavy atom. The van der Waals surface area contributed by atoms with Gasteiger partial charge in [-0.25, -0.2) is 9.59 Å². The highest BCUT2D eigenvalue weighted by atomic mass is 16.5. The molecule has 0 bridgehead atoms. The number of unbranched alkanes of at least 4 members (excludes halogenated alkanes) is 2. The van der Waals surface area contributed by atoms with E-state index >= 15 is 0 Å². The molecule has 0 saturated heterocycles. The van der Waals surface area contributed by atoms with Crippen molar-refractivity contribution in [2.24, 2.45) is 0 Å². The summed E-state index contributed by atoms with van der Waals surface area (Å²) in [5, 5.41) is 0. The molecule has 0 fully saturated rings. The van der Waals surface area contributed by atoms with Crippen LogP contribution in [0.3, 0.4) is 0 Å². The molecule has 23 heavy (non-hydrogen) atoms. The lowest BCUT2D eigenvalue weighted by atomic mass is 10.1. The highest BCUT2D eigenvalue weighted by molar-refractivity contribution is 6.03. The molecule has 0 aliphatic heterocycles. The molecule has 128 valence electrons. The lowest BCUT2D eigenvalue weighted by molar-refractivity contribution is -0.117. The summed E-state index contributed by atoms with van der Waals surface area (Å²) in [7, 11) is 0. The number of hydrogen-bond donors (Lipinski definition) is 0. The average Bonchev–Trinajstić information content (AvgIpc) is 2.91. The van der Waals surface area contributed by atoms with Gasteiger partial charge in [-0.2, -0.15) is 0 Å². The Morgan fingerprint density at radius 3 is 1.87 bits per heavy atom. The van der Waals surface area contributed by atoms with E-state index in [9.17, 15) is 14.4 Å². The Bertz CT molecular complexity index is 512. The summed E-state index contributed by atoms with van der Waals surface area (Å²) in [6.45, 7) is 6.18. The van der Waals surface area contributed by atoms with Crippen LogP contribution >= 0.6 is 0 Å². The summed E-state index contributed by atoms with van der Waals surface area (Å²) in [4.78, 5) is 34.8. The van der Waals surface area contributed by atoms with Gasteiger partial charge in [0.25, 0.3) is 0 Å². The summed E-state index contributed by atoms with van der Waals surface area (Å²) < 4.78 is 11.8. The van der Waals surface area contributed by atoms with E-state index in [1.807, 2.05) is 0 Å². The maximum Gasteiger partial charge on any atom is 0.340 e. The van der Waals surface area contributed by atoms with Crippen LogP contribution in [-0.4, -0.2) is 35.5 Å². The smallest absolute Gasteiger partial charge is 0.340 e. The van der Waals surface area contributed by atoms with Crippen molar-refractivity contribution in [1.82, 2.24) is 4.57 Å². The quantitative estimate of drug-likeness (QED) is 0.489. The molecule has 0 atom stereocenters. The number of rotatable bonds is 10. The Labute approximate surface area is 136 Å². The molecule has 1 aromatic heterocycles. The van der Waals surface area contributed by atoms with Gasteiger partial charge in [-0.1, -0.05) is 6.42 Å². The first-order chi connectivity index (χ1) is 11.0. The van der Waals surface area contributed by atoms with Gasteiger partial charge in [0.15, 0.2) is 0 Å². The number of ether oxygens (including phenoxy) is 2. The van der Waals surface area contributed by atoms with Crippen LogP contribution in [0.2, 0.25) is 0 Å². The van der Waals surface area contributed by atoms with E-state index in [0.29, 0.717) is 13.0 Å². The van der Waals surface area contributed by atoms with E-state index in [1.165, 1.54) is 0 Å². The SMILES string of the molecule is CCOC(=O)c1cn(CCCCCC(C)=O)cc1C(=O)OCC. The molecule has 1 aromatic rings. The molecule has 0 aliphatic rings. The topological polar surface area (TPSA) is 74.6 Å². The third-order valence-electron chi connectivity index (χ3n) is 3.32. The van der Waals surface area contributed by atoms with Gasteiger partial charge < -0.3 is 18.8 Å². The Balaban J connectivity index is 2.73. The van der Waals surface area contributed by atoms with Crippen LogP contribution in [0.5, 0.6) is 0 Å². The number of Topliss-reactive ketones (excluding diaryl/α,β-unsaturated/α-hetero) is 1. The third kappa shape index (κ3) is 6.26. The van der Waals surface area contributed by atoms with Crippen molar-refractivity contribution in [3.63, 3.8) is 0 Å². The zero-order valence-electron chi connectivity index (χ0n) is 14.1. The summed E-state index contributed by atoms with van der Waals surface area (Å²) in [6.07, 6.45) is 6.47. The Morgan fingerprint density at radius 2 is 1.43 bits per heavy atom. The zero-order valence-corrected chi connectivity index (χ0v) is 14.1. The maximum absolute atomic E-state index is 12.0. The highest BCUT2D eigenvalue weighted by Crippen LogP contribution is 2.15. The molecule has 0 unspecified atom stereocenters. The zero-order chi connectivity index (χ0) is 17.2. The standard InChI is InChI=1S/C17H25NO5/c1-4-22-16(20)14-11-18(10-8-6-7-9-13(3)19)12-15(14)17(21)23-5-2/h11-12H,4-10H2,1-3H3. The molecular formula is C17H25NO5. The largest absolute Gasteiger partial charge is 0.462 e. The first kappa shape index (κ1) is 18.9. The maximum atomic E-state index is 12.0. The van der Waals surface area contributed by atoms with Crippen molar-refractivity contribution in [3.8, 4) is 0 Å². The molecule has 6 nitrogen and oxygen atoms in total. The number of hydrogen-bond acceptors (Lipinski definition) is 5. The highest BCUT2D eigenvalue weighted by Gasteiger charge is 2.21. The van der Waals surface area contributed by atoms with Crippen molar-refractivity contribution in [1.29, 1.82) is 0 Å². The third-order valence-corrected chi connectivity index (χ3v) is 3.32. The number of aromatic nitrogens is 1. The summed E-state index contributed by atoms with van der Waals surface area (Å²) in [5.74, 6) is -0.850. The van der Waals surface area contributed by atoms with Crippen molar-refractivity contribution in [2.75, 3.05) is 13.2 Å². The molecule has 0 aliphatic carbocycles. The predicted molar refractivity (Wildman–Crippen MR) is 85.5 cm³/mol. The van der Waals surface area contributed by atoms with Crippen LogP contribution in [0, 0.1) is 0 Å². The molecule has 0 amide bonds. The van der Waals surface area contributed by atoms with Gasteiger partial charge in [0.05, 0.1) is 24.3 Å². The van der Waals surface area contributed by atoms with E-state index in [2.05, 4.69) is 0 Å². The Kier molecular flexibility index (Phi) is 8.08. The molecule has 6 heteroatoms. The second-order valence-electron chi connectivity index (χ2n) is 5.28. The molecule has 1 rings (SSSR count). The second kappa shape index (κ2) is 9.82. The van der Waals surface area contributed by atoms with Gasteiger partial charge in [-0.05, 0) is 33.6 Å². The fraction of sp³-hybridized carbons (Fsp3) is 0.588. The van der Waals surface area contributed by atoms with Gasteiger partial charge in [0.1, 0.15) is 5.78 Å². The fourth-order valence-corrected chi connectivity index (χ4v) is 2.23. The number of aryl methyl sites for hydroxylation is 1. The summed E-state index contributed by atoms with van der Waals surface area (Å²) in [6, 6.07) is 0. The molecule has 0 spiro atoms. The lowest BCUT2D eigenvalue weighted by Gasteiger charge is -2.02.